The van der Waals surface area contributed by atoms with Crippen molar-refractivity contribution in [3.63, 3.8) is 0 Å². The summed E-state index contributed by atoms with van der Waals surface area (Å²) in [5, 5.41) is 0. The zero-order valence-electron chi connectivity index (χ0n) is 10.4. The van der Waals surface area contributed by atoms with Gasteiger partial charge in [-0.3, -0.25) is 0 Å². The van der Waals surface area contributed by atoms with Gasteiger partial charge in [-0.2, -0.15) is 0 Å². The molecule has 2 rings (SSSR count). The molecule has 0 saturated heterocycles. The second-order valence-corrected chi connectivity index (χ2v) is 3.93. The molecule has 88 valence electrons. The van der Waals surface area contributed by atoms with Crippen molar-refractivity contribution >= 4 is 0 Å². The molecule has 0 saturated carbocycles. The fourth-order valence-corrected chi connectivity index (χ4v) is 1.77. The summed E-state index contributed by atoms with van der Waals surface area (Å²) in [5.41, 5.74) is 3.42. The highest BCUT2D eigenvalue weighted by atomic mass is 16.5. The third-order valence-corrected chi connectivity index (χ3v) is 2.77. The SMILES string of the molecule is COc1ccc(OC)c(-c2ccc(C)cc2)c1. The largest absolute Gasteiger partial charge is 0.497 e. The van der Waals surface area contributed by atoms with Gasteiger partial charge in [0.25, 0.3) is 0 Å². The second kappa shape index (κ2) is 4.91. The van der Waals surface area contributed by atoms with Gasteiger partial charge in [0.1, 0.15) is 11.5 Å². The van der Waals surface area contributed by atoms with Gasteiger partial charge < -0.3 is 9.47 Å². The lowest BCUT2D eigenvalue weighted by Crippen LogP contribution is -1.90. The van der Waals surface area contributed by atoms with Crippen LogP contribution in [0.4, 0.5) is 0 Å². The van der Waals surface area contributed by atoms with E-state index in [0.29, 0.717) is 0 Å². The molecule has 2 aromatic rings. The van der Waals surface area contributed by atoms with Gasteiger partial charge >= 0.3 is 0 Å². The number of ether oxygens (including phenoxy) is 2. The summed E-state index contributed by atoms with van der Waals surface area (Å²) in [6.07, 6.45) is 0. The van der Waals surface area contributed by atoms with Gasteiger partial charge in [0.15, 0.2) is 0 Å². The molecule has 17 heavy (non-hydrogen) atoms. The standard InChI is InChI=1S/C15H16O2/c1-11-4-6-12(7-5-11)14-10-13(16-2)8-9-15(14)17-3/h4-10H,1-3H3. The number of methoxy groups -OCH3 is 2. The Morgan fingerprint density at radius 2 is 1.53 bits per heavy atom. The normalized spacial score (nSPS) is 10.1. The molecule has 0 aliphatic heterocycles. The summed E-state index contributed by atoms with van der Waals surface area (Å²) in [5.74, 6) is 1.69. The van der Waals surface area contributed by atoms with E-state index in [9.17, 15) is 0 Å². The Hall–Kier alpha value is -1.96. The molecule has 0 radical (unpaired) electrons. The van der Waals surface area contributed by atoms with Gasteiger partial charge in [-0.05, 0) is 30.7 Å². The van der Waals surface area contributed by atoms with E-state index in [-0.39, 0.29) is 0 Å². The number of benzene rings is 2. The summed E-state index contributed by atoms with van der Waals surface area (Å²) in [6, 6.07) is 14.2. The Balaban J connectivity index is 2.51. The zero-order chi connectivity index (χ0) is 12.3. The quantitative estimate of drug-likeness (QED) is 0.797. The van der Waals surface area contributed by atoms with Crippen molar-refractivity contribution in [2.45, 2.75) is 6.92 Å². The van der Waals surface area contributed by atoms with E-state index in [4.69, 9.17) is 9.47 Å². The van der Waals surface area contributed by atoms with Crippen molar-refractivity contribution in [3.05, 3.63) is 48.0 Å². The second-order valence-electron chi connectivity index (χ2n) is 3.93. The number of rotatable bonds is 3. The molecule has 0 heterocycles. The molecular formula is C15H16O2. The molecule has 0 bridgehead atoms. The number of aryl methyl sites for hydroxylation is 1. The van der Waals surface area contributed by atoms with Gasteiger partial charge in [0.2, 0.25) is 0 Å². The van der Waals surface area contributed by atoms with E-state index in [1.54, 1.807) is 14.2 Å². The lowest BCUT2D eigenvalue weighted by atomic mass is 10.0. The molecule has 0 N–H and O–H groups in total. The van der Waals surface area contributed by atoms with Crippen molar-refractivity contribution in [1.29, 1.82) is 0 Å². The van der Waals surface area contributed by atoms with Gasteiger partial charge in [0.05, 0.1) is 14.2 Å². The average molecular weight is 228 g/mol. The third-order valence-electron chi connectivity index (χ3n) is 2.77. The Morgan fingerprint density at radius 3 is 2.12 bits per heavy atom. The third kappa shape index (κ3) is 2.41. The van der Waals surface area contributed by atoms with E-state index >= 15 is 0 Å². The minimum Gasteiger partial charge on any atom is -0.497 e. The monoisotopic (exact) mass is 228 g/mol. The zero-order valence-corrected chi connectivity index (χ0v) is 10.4. The molecule has 0 aliphatic rings. The first-order chi connectivity index (χ1) is 8.24. The van der Waals surface area contributed by atoms with Crippen LogP contribution in [0.25, 0.3) is 11.1 Å². The number of hydrogen-bond acceptors (Lipinski definition) is 2. The molecule has 2 heteroatoms. The fraction of sp³-hybridized carbons (Fsp3) is 0.200. The first-order valence-electron chi connectivity index (χ1n) is 5.53. The van der Waals surface area contributed by atoms with Gasteiger partial charge in [-0.25, -0.2) is 0 Å². The van der Waals surface area contributed by atoms with Crippen molar-refractivity contribution in [1.82, 2.24) is 0 Å². The van der Waals surface area contributed by atoms with Crippen LogP contribution in [0.5, 0.6) is 11.5 Å². The van der Waals surface area contributed by atoms with E-state index < -0.39 is 0 Å². The minimum absolute atomic E-state index is 0.835. The fourth-order valence-electron chi connectivity index (χ4n) is 1.77. The predicted molar refractivity (Wildman–Crippen MR) is 69.7 cm³/mol. The summed E-state index contributed by atoms with van der Waals surface area (Å²) in [4.78, 5) is 0. The van der Waals surface area contributed by atoms with Gasteiger partial charge in [-0.15, -0.1) is 0 Å². The van der Waals surface area contributed by atoms with E-state index in [1.807, 2.05) is 18.2 Å². The molecule has 0 atom stereocenters. The van der Waals surface area contributed by atoms with Crippen molar-refractivity contribution in [2.75, 3.05) is 14.2 Å². The summed E-state index contributed by atoms with van der Waals surface area (Å²) < 4.78 is 10.6. The predicted octanol–water partition coefficient (Wildman–Crippen LogP) is 3.68. The molecule has 2 nitrogen and oxygen atoms in total. The van der Waals surface area contributed by atoms with Crippen LogP contribution in [0.2, 0.25) is 0 Å². The topological polar surface area (TPSA) is 18.5 Å². The summed E-state index contributed by atoms with van der Waals surface area (Å²) >= 11 is 0. The van der Waals surface area contributed by atoms with Gasteiger partial charge in [-0.1, -0.05) is 29.8 Å². The van der Waals surface area contributed by atoms with Crippen LogP contribution in [0, 0.1) is 6.92 Å². The molecule has 0 fully saturated rings. The highest BCUT2D eigenvalue weighted by Crippen LogP contribution is 2.33. The van der Waals surface area contributed by atoms with Crippen molar-refractivity contribution in [2.24, 2.45) is 0 Å². The molecule has 2 aromatic carbocycles. The maximum atomic E-state index is 5.37. The maximum absolute atomic E-state index is 5.37. The smallest absolute Gasteiger partial charge is 0.126 e. The Labute approximate surface area is 102 Å². The van der Waals surface area contributed by atoms with E-state index in [2.05, 4.69) is 31.2 Å². The Bertz CT molecular complexity index is 501. The summed E-state index contributed by atoms with van der Waals surface area (Å²) in [7, 11) is 3.35. The molecule has 0 aromatic heterocycles. The van der Waals surface area contributed by atoms with E-state index in [1.165, 1.54) is 5.56 Å². The average Bonchev–Trinajstić information content (AvgIpc) is 2.39. The van der Waals surface area contributed by atoms with Crippen LogP contribution in [0.3, 0.4) is 0 Å². The first-order valence-corrected chi connectivity index (χ1v) is 5.53. The molecule has 0 unspecified atom stereocenters. The van der Waals surface area contributed by atoms with Crippen LogP contribution in [0.1, 0.15) is 5.56 Å². The highest BCUT2D eigenvalue weighted by Gasteiger charge is 2.07. The summed E-state index contributed by atoms with van der Waals surface area (Å²) in [6.45, 7) is 2.08. The molecule has 0 aliphatic carbocycles. The van der Waals surface area contributed by atoms with Gasteiger partial charge in [0, 0.05) is 5.56 Å². The Morgan fingerprint density at radius 1 is 0.824 bits per heavy atom. The highest BCUT2D eigenvalue weighted by molar-refractivity contribution is 5.72. The molecule has 0 spiro atoms. The first kappa shape index (κ1) is 11.5. The van der Waals surface area contributed by atoms with Crippen LogP contribution in [-0.4, -0.2) is 14.2 Å². The molecular weight excluding hydrogens is 212 g/mol. The molecule has 0 amide bonds. The lowest BCUT2D eigenvalue weighted by molar-refractivity contribution is 0.404. The number of hydrogen-bond donors (Lipinski definition) is 0. The van der Waals surface area contributed by atoms with Crippen molar-refractivity contribution < 1.29 is 9.47 Å². The lowest BCUT2D eigenvalue weighted by Gasteiger charge is -2.10. The van der Waals surface area contributed by atoms with Crippen LogP contribution in [-0.2, 0) is 0 Å². The Kier molecular flexibility index (Phi) is 3.33. The maximum Gasteiger partial charge on any atom is 0.126 e. The van der Waals surface area contributed by atoms with Crippen molar-refractivity contribution in [3.8, 4) is 22.6 Å². The minimum atomic E-state index is 0.835. The van der Waals surface area contributed by atoms with Crippen LogP contribution >= 0.6 is 0 Å². The van der Waals surface area contributed by atoms with Crippen LogP contribution in [0.15, 0.2) is 42.5 Å². The van der Waals surface area contributed by atoms with E-state index in [0.717, 1.165) is 22.6 Å². The van der Waals surface area contributed by atoms with Crippen LogP contribution < -0.4 is 9.47 Å².